The first-order valence-corrected chi connectivity index (χ1v) is 13.8. The molecule has 1 amide bonds. The van der Waals surface area contributed by atoms with Crippen LogP contribution in [-0.4, -0.2) is 56.6 Å². The Morgan fingerprint density at radius 3 is 2.47 bits per heavy atom. The molecule has 1 aromatic carbocycles. The number of alkyl halides is 1. The van der Waals surface area contributed by atoms with Crippen LogP contribution >= 0.6 is 11.6 Å². The molecule has 1 saturated heterocycles. The number of ether oxygens (including phenoxy) is 1. The molecule has 4 aromatic rings. The second kappa shape index (κ2) is 9.08. The number of fused-ring (bicyclic) bond motifs is 3. The number of carbonyl (C=O) groups is 1. The van der Waals surface area contributed by atoms with E-state index in [0.29, 0.717) is 48.3 Å². The first kappa shape index (κ1) is 24.6. The number of halogens is 1. The molecule has 0 radical (unpaired) electrons. The van der Waals surface area contributed by atoms with Gasteiger partial charge in [0.15, 0.2) is 5.65 Å². The van der Waals surface area contributed by atoms with Gasteiger partial charge in [0.1, 0.15) is 16.9 Å². The average molecular weight is 530 g/mol. The third kappa shape index (κ3) is 4.32. The lowest BCUT2D eigenvalue weighted by molar-refractivity contribution is 0.0189. The van der Waals surface area contributed by atoms with E-state index in [4.69, 9.17) is 21.3 Å². The Kier molecular flexibility index (Phi) is 6.20. The lowest BCUT2D eigenvalue weighted by atomic mass is 10.0. The van der Waals surface area contributed by atoms with Crippen LogP contribution in [0.15, 0.2) is 53.7 Å². The lowest BCUT2D eigenvalue weighted by Crippen LogP contribution is -2.42. The van der Waals surface area contributed by atoms with Gasteiger partial charge in [-0.1, -0.05) is 18.2 Å². The molecular formula is C25H28ClN5O4S. The van der Waals surface area contributed by atoms with Crippen molar-refractivity contribution in [1.82, 2.24) is 23.4 Å². The Labute approximate surface area is 214 Å². The number of imidazole rings is 1. The van der Waals surface area contributed by atoms with Gasteiger partial charge in [-0.15, -0.1) is 11.6 Å². The van der Waals surface area contributed by atoms with Gasteiger partial charge >= 0.3 is 6.09 Å². The molecule has 3 aromatic heterocycles. The largest absolute Gasteiger partial charge is 0.444 e. The summed E-state index contributed by atoms with van der Waals surface area (Å²) in [6.45, 7) is 6.64. The molecule has 5 rings (SSSR count). The van der Waals surface area contributed by atoms with E-state index < -0.39 is 15.6 Å². The van der Waals surface area contributed by atoms with Crippen molar-refractivity contribution >= 4 is 49.8 Å². The molecule has 9 nitrogen and oxygen atoms in total. The number of pyridine rings is 1. The highest BCUT2D eigenvalue weighted by molar-refractivity contribution is 7.90. The van der Waals surface area contributed by atoms with Crippen LogP contribution in [0.5, 0.6) is 0 Å². The van der Waals surface area contributed by atoms with Crippen molar-refractivity contribution in [3.63, 3.8) is 0 Å². The minimum Gasteiger partial charge on any atom is -0.444 e. The molecule has 36 heavy (non-hydrogen) atoms. The minimum atomic E-state index is -3.82. The fourth-order valence-corrected chi connectivity index (χ4v) is 6.23. The van der Waals surface area contributed by atoms with E-state index in [9.17, 15) is 13.2 Å². The maximum absolute atomic E-state index is 13.3. The summed E-state index contributed by atoms with van der Waals surface area (Å²) in [5.74, 6) is 0.890. The van der Waals surface area contributed by atoms with Crippen molar-refractivity contribution in [2.45, 2.75) is 56.0 Å². The number of rotatable bonds is 4. The summed E-state index contributed by atoms with van der Waals surface area (Å²) >= 11 is 6.29. The highest BCUT2D eigenvalue weighted by Gasteiger charge is 2.30. The summed E-state index contributed by atoms with van der Waals surface area (Å²) in [7, 11) is -3.82. The van der Waals surface area contributed by atoms with Gasteiger partial charge in [0.25, 0.3) is 10.0 Å². The van der Waals surface area contributed by atoms with Gasteiger partial charge in [-0.2, -0.15) is 0 Å². The first-order valence-electron chi connectivity index (χ1n) is 11.8. The second-order valence-corrected chi connectivity index (χ2v) is 12.0. The number of aromatic nitrogens is 4. The van der Waals surface area contributed by atoms with Crippen molar-refractivity contribution < 1.29 is 17.9 Å². The highest BCUT2D eigenvalue weighted by atomic mass is 35.5. The fraction of sp³-hybridized carbons (Fsp3) is 0.400. The standard InChI is InChI=1S/C25H28ClN5O4S/c1-25(2,3)35-24(32)29-12-9-17(10-13-29)31-21(15-26)28-20-16-27-23-19(22(20)31)11-14-30(23)36(33,34)18-7-5-4-6-8-18/h4-8,11,14,16-17H,9-10,12-13,15H2,1-3H3. The van der Waals surface area contributed by atoms with E-state index in [0.717, 1.165) is 5.52 Å². The number of hydrogen-bond acceptors (Lipinski definition) is 6. The third-order valence-corrected chi connectivity index (χ3v) is 8.22. The Morgan fingerprint density at radius 1 is 1.14 bits per heavy atom. The second-order valence-electron chi connectivity index (χ2n) is 9.89. The predicted molar refractivity (Wildman–Crippen MR) is 138 cm³/mol. The molecule has 0 saturated carbocycles. The van der Waals surface area contributed by atoms with Crippen molar-refractivity contribution in [2.75, 3.05) is 13.1 Å². The van der Waals surface area contributed by atoms with Gasteiger partial charge in [0.2, 0.25) is 0 Å². The number of piperidine rings is 1. The summed E-state index contributed by atoms with van der Waals surface area (Å²) in [5, 5.41) is 0.686. The molecule has 0 N–H and O–H groups in total. The Balaban J connectivity index is 1.53. The van der Waals surface area contributed by atoms with Crippen LogP contribution in [0.1, 0.15) is 45.5 Å². The third-order valence-electron chi connectivity index (χ3n) is 6.30. The number of carbonyl (C=O) groups excluding carboxylic acids is 1. The SMILES string of the molecule is CC(C)(C)OC(=O)N1CCC(n2c(CCl)nc3cnc4c(ccn4S(=O)(=O)c4ccccc4)c32)CC1. The van der Waals surface area contributed by atoms with Gasteiger partial charge < -0.3 is 14.2 Å². The molecule has 0 spiro atoms. The summed E-state index contributed by atoms with van der Waals surface area (Å²) in [4.78, 5) is 23.6. The quantitative estimate of drug-likeness (QED) is 0.347. The number of amides is 1. The van der Waals surface area contributed by atoms with Crippen LogP contribution in [0.2, 0.25) is 0 Å². The van der Waals surface area contributed by atoms with Crippen molar-refractivity contribution in [1.29, 1.82) is 0 Å². The van der Waals surface area contributed by atoms with Crippen LogP contribution in [0.3, 0.4) is 0 Å². The number of nitrogens with zero attached hydrogens (tertiary/aromatic N) is 5. The number of benzene rings is 1. The Hall–Kier alpha value is -3.11. The molecule has 0 unspecified atom stereocenters. The molecule has 1 aliphatic heterocycles. The molecule has 1 aliphatic rings. The summed E-state index contributed by atoms with van der Waals surface area (Å²) in [5.41, 5.74) is 1.24. The normalized spacial score (nSPS) is 15.6. The van der Waals surface area contributed by atoms with Crippen LogP contribution in [0.4, 0.5) is 4.79 Å². The van der Waals surface area contributed by atoms with Crippen molar-refractivity contribution in [2.24, 2.45) is 0 Å². The van der Waals surface area contributed by atoms with E-state index in [1.165, 1.54) is 10.2 Å². The molecule has 4 heterocycles. The first-order chi connectivity index (χ1) is 17.1. The van der Waals surface area contributed by atoms with Crippen LogP contribution in [0.25, 0.3) is 22.1 Å². The van der Waals surface area contributed by atoms with E-state index in [2.05, 4.69) is 9.55 Å². The van der Waals surface area contributed by atoms with Gasteiger partial charge in [-0.25, -0.2) is 27.2 Å². The molecule has 190 valence electrons. The maximum atomic E-state index is 13.3. The molecule has 0 atom stereocenters. The molecule has 0 aliphatic carbocycles. The minimum absolute atomic E-state index is 0.0436. The fourth-order valence-electron chi connectivity index (χ4n) is 4.72. The van der Waals surface area contributed by atoms with Crippen molar-refractivity contribution in [3.8, 4) is 0 Å². The zero-order valence-electron chi connectivity index (χ0n) is 20.4. The molecule has 11 heteroatoms. The van der Waals surface area contributed by atoms with Crippen LogP contribution in [0, 0.1) is 0 Å². The van der Waals surface area contributed by atoms with Gasteiger partial charge in [0, 0.05) is 30.7 Å². The zero-order valence-corrected chi connectivity index (χ0v) is 22.0. The Morgan fingerprint density at radius 2 is 1.83 bits per heavy atom. The summed E-state index contributed by atoms with van der Waals surface area (Å²) in [6, 6.07) is 10.1. The van der Waals surface area contributed by atoms with Gasteiger partial charge in [0.05, 0.1) is 22.5 Å². The lowest BCUT2D eigenvalue weighted by Gasteiger charge is -2.34. The van der Waals surface area contributed by atoms with Gasteiger partial charge in [-0.05, 0) is 51.8 Å². The van der Waals surface area contributed by atoms with E-state index >= 15 is 0 Å². The highest BCUT2D eigenvalue weighted by Crippen LogP contribution is 2.34. The van der Waals surface area contributed by atoms with Crippen molar-refractivity contribution in [3.05, 3.63) is 54.6 Å². The summed E-state index contributed by atoms with van der Waals surface area (Å²) in [6.07, 6.45) is 4.20. The molecule has 1 fully saturated rings. The Bertz CT molecular complexity index is 1530. The smallest absolute Gasteiger partial charge is 0.410 e. The van der Waals surface area contributed by atoms with E-state index in [1.54, 1.807) is 47.5 Å². The van der Waals surface area contributed by atoms with E-state index in [1.807, 2.05) is 20.8 Å². The maximum Gasteiger partial charge on any atom is 0.410 e. The zero-order chi connectivity index (χ0) is 25.7. The monoisotopic (exact) mass is 529 g/mol. The molecule has 0 bridgehead atoms. The topological polar surface area (TPSA) is 99.3 Å². The van der Waals surface area contributed by atoms with Crippen LogP contribution < -0.4 is 0 Å². The number of likely N-dealkylation sites (tertiary alicyclic amines) is 1. The van der Waals surface area contributed by atoms with Gasteiger partial charge in [-0.3, -0.25) is 0 Å². The average Bonchev–Trinajstić information content (AvgIpc) is 3.45. The van der Waals surface area contributed by atoms with E-state index in [-0.39, 0.29) is 22.9 Å². The number of hydrogen-bond donors (Lipinski definition) is 0. The molecular weight excluding hydrogens is 502 g/mol. The predicted octanol–water partition coefficient (Wildman–Crippen LogP) is 4.93. The van der Waals surface area contributed by atoms with Crippen LogP contribution in [-0.2, 0) is 20.6 Å². The summed E-state index contributed by atoms with van der Waals surface area (Å²) < 4.78 is 35.5.